The van der Waals surface area contributed by atoms with Crippen LogP contribution in [0.1, 0.15) is 41.6 Å². The third-order valence-corrected chi connectivity index (χ3v) is 7.17. The van der Waals surface area contributed by atoms with Crippen molar-refractivity contribution < 1.29 is 33.9 Å². The molecule has 5 amide bonds. The topological polar surface area (TPSA) is 161 Å². The number of hydrogen-bond donors (Lipinski definition) is 4. The number of nitrogens with zero attached hydrogens (tertiary/aromatic N) is 3. The van der Waals surface area contributed by atoms with Gasteiger partial charge >= 0.3 is 12.0 Å². The molecule has 0 radical (unpaired) electrons. The van der Waals surface area contributed by atoms with Crippen molar-refractivity contribution in [3.63, 3.8) is 0 Å². The number of carbonyl (C=O) groups is 5. The van der Waals surface area contributed by atoms with E-state index >= 15 is 0 Å². The summed E-state index contributed by atoms with van der Waals surface area (Å²) in [5.41, 5.74) is 5.72. The molecule has 4 rings (SSSR count). The molecule has 4 N–H and O–H groups in total. The number of hydroxylamine groups is 1. The summed E-state index contributed by atoms with van der Waals surface area (Å²) >= 11 is 12.2. The Balaban J connectivity index is 1.47. The fourth-order valence-corrected chi connectivity index (χ4v) is 4.93. The number of hydrogen-bond acceptors (Lipinski definition) is 7. The molecule has 1 atom stereocenters. The van der Waals surface area contributed by atoms with Gasteiger partial charge in [-0.05, 0) is 37.1 Å². The third kappa shape index (κ3) is 7.49. The summed E-state index contributed by atoms with van der Waals surface area (Å²) in [5.74, 6) is -2.91. The van der Waals surface area contributed by atoms with Gasteiger partial charge in [-0.25, -0.2) is 19.8 Å². The van der Waals surface area contributed by atoms with Gasteiger partial charge in [-0.1, -0.05) is 47.5 Å². The molecule has 2 aliphatic heterocycles. The van der Waals surface area contributed by atoms with Crippen LogP contribution < -0.4 is 16.2 Å². The number of hydrazine groups is 2. The van der Waals surface area contributed by atoms with Gasteiger partial charge in [0.15, 0.2) is 0 Å². The fraction of sp³-hybridized carbons (Fsp3) is 0.296. The van der Waals surface area contributed by atoms with Gasteiger partial charge in [0, 0.05) is 46.0 Å². The highest BCUT2D eigenvalue weighted by Crippen LogP contribution is 2.25. The summed E-state index contributed by atoms with van der Waals surface area (Å²) in [6, 6.07) is 11.2. The zero-order chi connectivity index (χ0) is 30.2. The molecule has 0 spiro atoms. The molecule has 0 aliphatic carbocycles. The van der Waals surface area contributed by atoms with Crippen molar-refractivity contribution in [2.45, 2.75) is 38.3 Å². The maximum atomic E-state index is 13.6. The van der Waals surface area contributed by atoms with Crippen LogP contribution in [0.2, 0.25) is 10.0 Å². The molecule has 2 saturated heterocycles. The quantitative estimate of drug-likeness (QED) is 0.233. The predicted octanol–water partition coefficient (Wildman–Crippen LogP) is 2.83. The largest absolute Gasteiger partial charge is 0.481 e. The maximum absolute atomic E-state index is 13.6. The number of aliphatic carboxylic acids is 1. The predicted molar refractivity (Wildman–Crippen MR) is 150 cm³/mol. The Morgan fingerprint density at radius 3 is 2.43 bits per heavy atom. The second-order valence-corrected chi connectivity index (χ2v) is 10.2. The van der Waals surface area contributed by atoms with Crippen molar-refractivity contribution >= 4 is 52.9 Å². The van der Waals surface area contributed by atoms with Crippen molar-refractivity contribution in [3.8, 4) is 0 Å². The van der Waals surface area contributed by atoms with E-state index in [0.717, 1.165) is 16.2 Å². The lowest BCUT2D eigenvalue weighted by atomic mass is 10.1. The normalized spacial score (nSPS) is 17.3. The SMILES string of the molecule is O=C(O)C/C(=C/NOCc1c(Cl)cccc1Cl)NC(=O)C1CCCN2C(=O)CCN(NC(=O)c3ccccc3)C(=O)N12. The Hall–Kier alpha value is -4.33. The van der Waals surface area contributed by atoms with Gasteiger partial charge in [0.2, 0.25) is 11.8 Å². The molecule has 0 aromatic heterocycles. The Labute approximate surface area is 250 Å². The monoisotopic (exact) mass is 618 g/mol. The van der Waals surface area contributed by atoms with Crippen LogP contribution in [0.15, 0.2) is 60.4 Å². The van der Waals surface area contributed by atoms with Gasteiger partial charge < -0.3 is 10.4 Å². The number of amides is 5. The first-order chi connectivity index (χ1) is 20.2. The number of fused-ring (bicyclic) bond motifs is 1. The fourth-order valence-electron chi connectivity index (χ4n) is 4.43. The number of halogens is 2. The van der Waals surface area contributed by atoms with Crippen LogP contribution in [0.25, 0.3) is 0 Å². The summed E-state index contributed by atoms with van der Waals surface area (Å²) in [6.45, 7) is 0.0426. The molecule has 1 unspecified atom stereocenters. The third-order valence-electron chi connectivity index (χ3n) is 6.46. The molecule has 15 heteroatoms. The molecule has 2 aromatic carbocycles. The number of carboxylic acids is 1. The zero-order valence-electron chi connectivity index (χ0n) is 22.2. The van der Waals surface area contributed by atoms with Crippen molar-refractivity contribution in [2.24, 2.45) is 0 Å². The highest BCUT2D eigenvalue weighted by molar-refractivity contribution is 6.35. The highest BCUT2D eigenvalue weighted by atomic mass is 35.5. The van der Waals surface area contributed by atoms with E-state index in [1.165, 1.54) is 5.01 Å². The molecule has 2 fully saturated rings. The van der Waals surface area contributed by atoms with Crippen molar-refractivity contribution in [1.82, 2.24) is 31.2 Å². The molecule has 13 nitrogen and oxygen atoms in total. The Kier molecular flexibility index (Phi) is 10.2. The molecular weight excluding hydrogens is 591 g/mol. The second-order valence-electron chi connectivity index (χ2n) is 9.35. The van der Waals surface area contributed by atoms with Crippen LogP contribution in [-0.4, -0.2) is 69.0 Å². The minimum absolute atomic E-state index is 0.0597. The zero-order valence-corrected chi connectivity index (χ0v) is 23.7. The lowest BCUT2D eigenvalue weighted by Gasteiger charge is -2.42. The number of rotatable bonds is 10. The van der Waals surface area contributed by atoms with Crippen LogP contribution in [-0.2, 0) is 25.8 Å². The molecule has 0 bridgehead atoms. The van der Waals surface area contributed by atoms with Crippen LogP contribution >= 0.6 is 23.2 Å². The first kappa shape index (κ1) is 30.6. The molecule has 2 aromatic rings. The average Bonchev–Trinajstić information content (AvgIpc) is 3.08. The van der Waals surface area contributed by atoms with Gasteiger partial charge in [0.1, 0.15) is 12.6 Å². The van der Waals surface area contributed by atoms with Crippen molar-refractivity contribution in [3.05, 3.63) is 81.6 Å². The molecule has 222 valence electrons. The van der Waals surface area contributed by atoms with Gasteiger partial charge in [-0.2, -0.15) is 0 Å². The minimum Gasteiger partial charge on any atom is -0.481 e. The van der Waals surface area contributed by atoms with Crippen LogP contribution in [0.5, 0.6) is 0 Å². The summed E-state index contributed by atoms with van der Waals surface area (Å²) in [4.78, 5) is 69.4. The van der Waals surface area contributed by atoms with E-state index in [2.05, 4.69) is 16.2 Å². The summed E-state index contributed by atoms with van der Waals surface area (Å²) in [6.07, 6.45) is 1.10. The van der Waals surface area contributed by atoms with E-state index in [0.29, 0.717) is 27.6 Å². The van der Waals surface area contributed by atoms with E-state index in [1.807, 2.05) is 0 Å². The Bertz CT molecular complexity index is 1370. The number of carbonyl (C=O) groups excluding carboxylic acids is 4. The lowest BCUT2D eigenvalue weighted by molar-refractivity contribution is -0.154. The Morgan fingerprint density at radius 1 is 1.02 bits per heavy atom. The molecule has 42 heavy (non-hydrogen) atoms. The second kappa shape index (κ2) is 14.0. The van der Waals surface area contributed by atoms with Gasteiger partial charge in [0.05, 0.1) is 13.0 Å². The standard InChI is InChI=1S/C27H28Cl2N6O7/c28-20-8-4-9-21(29)19(20)16-42-30-15-18(14-24(37)38)31-26(40)22-10-5-12-34-23(36)11-13-33(27(41)35(22)34)32-25(39)17-6-2-1-3-7-17/h1-4,6-9,15,22,30H,5,10-14,16H2,(H,31,40)(H,32,39)(H,37,38)/b18-15-. The molecule has 2 heterocycles. The maximum Gasteiger partial charge on any atom is 0.358 e. The first-order valence-corrected chi connectivity index (χ1v) is 13.7. The van der Waals surface area contributed by atoms with Crippen LogP contribution in [0, 0.1) is 0 Å². The van der Waals surface area contributed by atoms with E-state index in [9.17, 15) is 29.1 Å². The van der Waals surface area contributed by atoms with Gasteiger partial charge in [0.25, 0.3) is 5.91 Å². The molecular formula is C27H28Cl2N6O7. The summed E-state index contributed by atoms with van der Waals surface area (Å²) in [7, 11) is 0. The lowest BCUT2D eigenvalue weighted by Crippen LogP contribution is -2.64. The highest BCUT2D eigenvalue weighted by Gasteiger charge is 2.44. The van der Waals surface area contributed by atoms with Crippen molar-refractivity contribution in [1.29, 1.82) is 0 Å². The minimum atomic E-state index is -1.24. The molecule has 2 aliphatic rings. The number of urea groups is 1. The molecule has 0 saturated carbocycles. The summed E-state index contributed by atoms with van der Waals surface area (Å²) in [5, 5.41) is 15.8. The number of nitrogens with one attached hydrogen (secondary N) is 3. The van der Waals surface area contributed by atoms with E-state index in [-0.39, 0.29) is 38.2 Å². The van der Waals surface area contributed by atoms with E-state index < -0.39 is 42.2 Å². The average molecular weight is 619 g/mol. The Morgan fingerprint density at radius 2 is 1.74 bits per heavy atom. The van der Waals surface area contributed by atoms with Crippen LogP contribution in [0.3, 0.4) is 0 Å². The van der Waals surface area contributed by atoms with E-state index in [4.69, 9.17) is 28.0 Å². The summed E-state index contributed by atoms with van der Waals surface area (Å²) < 4.78 is 0. The smallest absolute Gasteiger partial charge is 0.358 e. The van der Waals surface area contributed by atoms with Crippen LogP contribution in [0.4, 0.5) is 4.79 Å². The first-order valence-electron chi connectivity index (χ1n) is 12.9. The van der Waals surface area contributed by atoms with Gasteiger partial charge in [-0.15, -0.1) is 0 Å². The number of carboxylic acid groups (broad SMARTS) is 1. The van der Waals surface area contributed by atoms with E-state index in [1.54, 1.807) is 48.5 Å². The number of benzene rings is 2. The van der Waals surface area contributed by atoms with Gasteiger partial charge in [-0.3, -0.25) is 34.9 Å². The van der Waals surface area contributed by atoms with Crippen molar-refractivity contribution in [2.75, 3.05) is 13.1 Å².